The van der Waals surface area contributed by atoms with Crippen molar-refractivity contribution in [1.82, 2.24) is 9.47 Å². The predicted molar refractivity (Wildman–Crippen MR) is 83.9 cm³/mol. The van der Waals surface area contributed by atoms with E-state index in [0.717, 1.165) is 12.8 Å². The molecular formula is C17H21N3O. The Hall–Kier alpha value is -2.23. The summed E-state index contributed by atoms with van der Waals surface area (Å²) in [6.07, 6.45) is 3.97. The Kier molecular flexibility index (Phi) is 3.45. The average Bonchev–Trinajstić information content (AvgIpc) is 3.22. The molecule has 3 rings (SSSR count). The van der Waals surface area contributed by atoms with E-state index in [4.69, 9.17) is 5.73 Å². The van der Waals surface area contributed by atoms with Crippen molar-refractivity contribution in [1.29, 1.82) is 0 Å². The molecule has 0 spiro atoms. The molecule has 1 saturated carbocycles. The number of carbonyl (C=O) groups excluding carboxylic acids is 1. The molecule has 0 atom stereocenters. The van der Waals surface area contributed by atoms with Crippen LogP contribution in [0.5, 0.6) is 0 Å². The van der Waals surface area contributed by atoms with Crippen molar-refractivity contribution in [3.05, 3.63) is 53.3 Å². The van der Waals surface area contributed by atoms with Gasteiger partial charge in [0.1, 0.15) is 5.69 Å². The third-order valence-electron chi connectivity index (χ3n) is 3.97. The molecule has 2 aromatic rings. The van der Waals surface area contributed by atoms with Crippen LogP contribution in [0.4, 0.5) is 5.69 Å². The quantitative estimate of drug-likeness (QED) is 0.938. The van der Waals surface area contributed by atoms with Gasteiger partial charge < -0.3 is 15.2 Å². The number of aromatic nitrogens is 1. The SMILES string of the molecule is Cc1ccc(CN(C(=O)c2cc(N)cn2C)C2CC2)cc1. The molecule has 0 saturated heterocycles. The highest BCUT2D eigenvalue weighted by Gasteiger charge is 2.34. The van der Waals surface area contributed by atoms with Gasteiger partial charge in [0.05, 0.1) is 5.69 Å². The number of hydrogen-bond acceptors (Lipinski definition) is 2. The molecule has 0 radical (unpaired) electrons. The van der Waals surface area contributed by atoms with Crippen molar-refractivity contribution < 1.29 is 4.79 Å². The standard InChI is InChI=1S/C17H21N3O/c1-12-3-5-13(6-4-12)10-20(15-7-8-15)17(21)16-9-14(18)11-19(16)2/h3-6,9,11,15H,7-8,10,18H2,1-2H3. The Morgan fingerprint density at radius 3 is 2.52 bits per heavy atom. The molecule has 1 aromatic heterocycles. The van der Waals surface area contributed by atoms with Gasteiger partial charge in [-0.25, -0.2) is 0 Å². The maximum atomic E-state index is 12.8. The molecular weight excluding hydrogens is 262 g/mol. The number of nitrogen functional groups attached to an aromatic ring is 1. The normalized spacial score (nSPS) is 14.2. The van der Waals surface area contributed by atoms with Crippen molar-refractivity contribution in [2.45, 2.75) is 32.4 Å². The molecule has 110 valence electrons. The van der Waals surface area contributed by atoms with E-state index in [1.807, 2.05) is 16.5 Å². The summed E-state index contributed by atoms with van der Waals surface area (Å²) in [5.74, 6) is 0.0669. The Bertz CT molecular complexity index is 653. The maximum absolute atomic E-state index is 12.8. The maximum Gasteiger partial charge on any atom is 0.271 e. The van der Waals surface area contributed by atoms with Crippen LogP contribution in [0.25, 0.3) is 0 Å². The number of hydrogen-bond donors (Lipinski definition) is 1. The summed E-state index contributed by atoms with van der Waals surface area (Å²) in [5, 5.41) is 0. The first kappa shape index (κ1) is 13.7. The number of aryl methyl sites for hydroxylation is 2. The van der Waals surface area contributed by atoms with Gasteiger partial charge in [-0.05, 0) is 31.4 Å². The van der Waals surface area contributed by atoms with E-state index in [2.05, 4.69) is 31.2 Å². The molecule has 1 heterocycles. The highest BCUT2D eigenvalue weighted by atomic mass is 16.2. The van der Waals surface area contributed by atoms with Gasteiger partial charge in [-0.15, -0.1) is 0 Å². The molecule has 1 fully saturated rings. The largest absolute Gasteiger partial charge is 0.397 e. The van der Waals surface area contributed by atoms with Crippen molar-refractivity contribution >= 4 is 11.6 Å². The van der Waals surface area contributed by atoms with Crippen LogP contribution < -0.4 is 5.73 Å². The molecule has 2 N–H and O–H groups in total. The highest BCUT2D eigenvalue weighted by Crippen LogP contribution is 2.30. The zero-order valence-electron chi connectivity index (χ0n) is 12.5. The monoisotopic (exact) mass is 283 g/mol. The molecule has 1 aliphatic carbocycles. The highest BCUT2D eigenvalue weighted by molar-refractivity contribution is 5.94. The van der Waals surface area contributed by atoms with E-state index in [9.17, 15) is 4.79 Å². The lowest BCUT2D eigenvalue weighted by atomic mass is 10.1. The Morgan fingerprint density at radius 1 is 1.33 bits per heavy atom. The Balaban J connectivity index is 1.83. The van der Waals surface area contributed by atoms with E-state index in [-0.39, 0.29) is 5.91 Å². The first-order valence-corrected chi connectivity index (χ1v) is 7.33. The minimum Gasteiger partial charge on any atom is -0.397 e. The summed E-state index contributed by atoms with van der Waals surface area (Å²) >= 11 is 0. The van der Waals surface area contributed by atoms with Gasteiger partial charge in [0, 0.05) is 25.8 Å². The molecule has 1 aliphatic rings. The first-order chi connectivity index (χ1) is 10.0. The van der Waals surface area contributed by atoms with Crippen molar-refractivity contribution in [2.24, 2.45) is 7.05 Å². The molecule has 0 aliphatic heterocycles. The van der Waals surface area contributed by atoms with Crippen molar-refractivity contribution in [3.8, 4) is 0 Å². The Morgan fingerprint density at radius 2 is 2.00 bits per heavy atom. The number of amides is 1. The fraction of sp³-hybridized carbons (Fsp3) is 0.353. The number of carbonyl (C=O) groups is 1. The van der Waals surface area contributed by atoms with Crippen LogP contribution in [0, 0.1) is 6.92 Å². The smallest absolute Gasteiger partial charge is 0.271 e. The van der Waals surface area contributed by atoms with E-state index in [1.54, 1.807) is 12.3 Å². The van der Waals surface area contributed by atoms with Gasteiger partial charge in [-0.2, -0.15) is 0 Å². The zero-order valence-corrected chi connectivity index (χ0v) is 12.5. The zero-order chi connectivity index (χ0) is 15.0. The Labute approximate surface area is 125 Å². The summed E-state index contributed by atoms with van der Waals surface area (Å²) in [4.78, 5) is 14.8. The second-order valence-electron chi connectivity index (χ2n) is 5.92. The second kappa shape index (κ2) is 5.28. The van der Waals surface area contributed by atoms with Gasteiger partial charge >= 0.3 is 0 Å². The van der Waals surface area contributed by atoms with Crippen molar-refractivity contribution in [2.75, 3.05) is 5.73 Å². The van der Waals surface area contributed by atoms with Gasteiger partial charge in [-0.1, -0.05) is 29.8 Å². The second-order valence-corrected chi connectivity index (χ2v) is 5.92. The topological polar surface area (TPSA) is 51.3 Å². The number of benzene rings is 1. The van der Waals surface area contributed by atoms with E-state index < -0.39 is 0 Å². The van der Waals surface area contributed by atoms with Crippen LogP contribution in [0.3, 0.4) is 0 Å². The lowest BCUT2D eigenvalue weighted by molar-refractivity contribution is 0.0720. The molecule has 4 heteroatoms. The fourth-order valence-corrected chi connectivity index (χ4v) is 2.59. The van der Waals surface area contributed by atoms with Crippen LogP contribution in [0.1, 0.15) is 34.5 Å². The lowest BCUT2D eigenvalue weighted by Crippen LogP contribution is -2.33. The molecule has 0 unspecified atom stereocenters. The van der Waals surface area contributed by atoms with Gasteiger partial charge in [0.2, 0.25) is 0 Å². The van der Waals surface area contributed by atoms with Gasteiger partial charge in [0.15, 0.2) is 0 Å². The van der Waals surface area contributed by atoms with E-state index in [0.29, 0.717) is 24.0 Å². The van der Waals surface area contributed by atoms with E-state index in [1.165, 1.54) is 11.1 Å². The van der Waals surface area contributed by atoms with Crippen LogP contribution in [-0.2, 0) is 13.6 Å². The van der Waals surface area contributed by atoms with E-state index >= 15 is 0 Å². The molecule has 1 aromatic carbocycles. The first-order valence-electron chi connectivity index (χ1n) is 7.33. The number of anilines is 1. The summed E-state index contributed by atoms with van der Waals surface area (Å²) in [6.45, 7) is 2.73. The summed E-state index contributed by atoms with van der Waals surface area (Å²) in [6, 6.07) is 10.5. The minimum absolute atomic E-state index is 0.0669. The van der Waals surface area contributed by atoms with Gasteiger partial charge in [0.25, 0.3) is 5.91 Å². The average molecular weight is 283 g/mol. The van der Waals surface area contributed by atoms with Crippen LogP contribution in [-0.4, -0.2) is 21.4 Å². The number of nitrogens with zero attached hydrogens (tertiary/aromatic N) is 2. The third-order valence-corrected chi connectivity index (χ3v) is 3.97. The number of rotatable bonds is 4. The summed E-state index contributed by atoms with van der Waals surface area (Å²) < 4.78 is 1.81. The van der Waals surface area contributed by atoms with Crippen molar-refractivity contribution in [3.63, 3.8) is 0 Å². The molecule has 21 heavy (non-hydrogen) atoms. The summed E-state index contributed by atoms with van der Waals surface area (Å²) in [5.41, 5.74) is 9.48. The van der Waals surface area contributed by atoms with Gasteiger partial charge in [-0.3, -0.25) is 4.79 Å². The molecule has 4 nitrogen and oxygen atoms in total. The number of nitrogens with two attached hydrogens (primary N) is 1. The van der Waals surface area contributed by atoms with Crippen LogP contribution in [0.2, 0.25) is 0 Å². The van der Waals surface area contributed by atoms with Crippen LogP contribution >= 0.6 is 0 Å². The molecule has 1 amide bonds. The predicted octanol–water partition coefficient (Wildman–Crippen LogP) is 2.72. The third kappa shape index (κ3) is 2.94. The minimum atomic E-state index is 0.0669. The molecule has 0 bridgehead atoms. The fourth-order valence-electron chi connectivity index (χ4n) is 2.59. The van der Waals surface area contributed by atoms with Crippen LogP contribution in [0.15, 0.2) is 36.5 Å². The lowest BCUT2D eigenvalue weighted by Gasteiger charge is -2.23. The summed E-state index contributed by atoms with van der Waals surface area (Å²) in [7, 11) is 1.86.